The minimum Gasteiger partial charge on any atom is -0.396 e. The molecule has 0 aliphatic heterocycles. The van der Waals surface area contributed by atoms with Crippen LogP contribution >= 0.6 is 0 Å². The number of aliphatic hydroxyl groups is 13. The molecule has 0 amide bonds. The van der Waals surface area contributed by atoms with Gasteiger partial charge in [0.2, 0.25) is 0 Å². The van der Waals surface area contributed by atoms with E-state index >= 15 is 0 Å². The van der Waals surface area contributed by atoms with Gasteiger partial charge in [0.05, 0.1) is 82.7 Å². The van der Waals surface area contributed by atoms with E-state index in [9.17, 15) is 0 Å². The molecule has 350 valence electrons. The molecular formula is C32H94N10O13. The summed E-state index contributed by atoms with van der Waals surface area (Å²) in [7, 11) is 0. The Morgan fingerprint density at radius 1 is 0.455 bits per heavy atom. The normalized spacial score (nSPS) is 11.9. The Kier molecular flexibility index (Phi) is 101. The summed E-state index contributed by atoms with van der Waals surface area (Å²) < 4.78 is 0. The van der Waals surface area contributed by atoms with Gasteiger partial charge in [-0.05, 0) is 73.9 Å². The van der Waals surface area contributed by atoms with Gasteiger partial charge in [0.25, 0.3) is 0 Å². The van der Waals surface area contributed by atoms with E-state index in [0.717, 1.165) is 19.3 Å². The molecule has 23 nitrogen and oxygen atoms in total. The third kappa shape index (κ3) is 176. The Morgan fingerprint density at radius 3 is 0.764 bits per heavy atom. The molecule has 0 saturated carbocycles. The molecule has 0 aromatic rings. The summed E-state index contributed by atoms with van der Waals surface area (Å²) in [4.78, 5) is 0. The number of hydrogen-bond acceptors (Lipinski definition) is 23. The van der Waals surface area contributed by atoms with E-state index in [1.807, 2.05) is 0 Å². The fourth-order valence-electron chi connectivity index (χ4n) is 0.530. The first-order valence-electron chi connectivity index (χ1n) is 17.8. The predicted octanol–water partition coefficient (Wildman–Crippen LogP) is -9.04. The maximum absolute atomic E-state index is 8.31. The molecule has 0 saturated heterocycles. The number of unbranched alkanes of at least 4 members (excludes halogenated alkanes) is 1. The molecule has 0 radical (unpaired) electrons. The second kappa shape index (κ2) is 70.8. The van der Waals surface area contributed by atoms with Gasteiger partial charge in [-0.15, -0.1) is 0 Å². The number of rotatable bonds is 16. The zero-order valence-electron chi connectivity index (χ0n) is 34.9. The molecule has 4 atom stereocenters. The van der Waals surface area contributed by atoms with Crippen LogP contribution in [0.5, 0.6) is 0 Å². The maximum atomic E-state index is 8.31. The van der Waals surface area contributed by atoms with Gasteiger partial charge in [-0.1, -0.05) is 0 Å². The van der Waals surface area contributed by atoms with Gasteiger partial charge >= 0.3 is 0 Å². The number of aliphatic hydroxyl groups excluding tert-OH is 13. The summed E-state index contributed by atoms with van der Waals surface area (Å²) in [5.41, 5.74) is 48.9. The van der Waals surface area contributed by atoms with Gasteiger partial charge < -0.3 is 124 Å². The second-order valence-electron chi connectivity index (χ2n) is 12.2. The fraction of sp³-hybridized carbons (Fsp3) is 1.00. The summed E-state index contributed by atoms with van der Waals surface area (Å²) in [6.07, 6.45) is 1.10. The van der Waals surface area contributed by atoms with Crippen molar-refractivity contribution in [2.45, 2.75) is 102 Å². The molecule has 33 N–H and O–H groups in total. The van der Waals surface area contributed by atoms with Crippen LogP contribution in [0.1, 0.15) is 60.8 Å². The van der Waals surface area contributed by atoms with Gasteiger partial charge in [0.1, 0.15) is 0 Å². The highest BCUT2D eigenvalue weighted by Crippen LogP contribution is 1.92. The van der Waals surface area contributed by atoms with Gasteiger partial charge in [-0.2, -0.15) is 0 Å². The molecule has 0 heterocycles. The minimum atomic E-state index is -0.806. The first kappa shape index (κ1) is 78.4. The molecule has 0 rings (SSSR count). The summed E-state index contributed by atoms with van der Waals surface area (Å²) >= 11 is 0. The van der Waals surface area contributed by atoms with E-state index < -0.39 is 23.2 Å². The van der Waals surface area contributed by atoms with Crippen molar-refractivity contribution in [3.63, 3.8) is 0 Å². The third-order valence-corrected chi connectivity index (χ3v) is 4.16. The van der Waals surface area contributed by atoms with Crippen molar-refractivity contribution in [1.82, 2.24) is 0 Å². The third-order valence-electron chi connectivity index (χ3n) is 4.16. The van der Waals surface area contributed by atoms with E-state index in [4.69, 9.17) is 124 Å². The highest BCUT2D eigenvalue weighted by atomic mass is 16.3. The lowest BCUT2D eigenvalue weighted by molar-refractivity contribution is 0.102. The quantitative estimate of drug-likeness (QED) is 0.0642. The molecule has 0 aliphatic carbocycles. The van der Waals surface area contributed by atoms with Gasteiger partial charge in [0, 0.05) is 51.0 Å². The Balaban J connectivity index is -0.0000000513. The average molecular weight is 827 g/mol. The number of nitrogens with two attached hydrogens (primary N) is 10. The lowest BCUT2D eigenvalue weighted by Gasteiger charge is -2.16. The monoisotopic (exact) mass is 827 g/mol. The first-order chi connectivity index (χ1) is 25.4. The highest BCUT2D eigenvalue weighted by Gasteiger charge is 2.13. The molecule has 55 heavy (non-hydrogen) atoms. The minimum absolute atomic E-state index is 0.0486. The molecule has 0 fully saturated rings. The predicted molar refractivity (Wildman–Crippen MR) is 221 cm³/mol. The Hall–Kier alpha value is -0.920. The maximum Gasteiger partial charge on any atom is 0.0892 e. The van der Waals surface area contributed by atoms with Crippen LogP contribution in [0.15, 0.2) is 0 Å². The molecule has 23 heteroatoms. The van der Waals surface area contributed by atoms with Crippen molar-refractivity contribution in [2.24, 2.45) is 57.3 Å². The molecular weight excluding hydrogens is 732 g/mol. The SMILES string of the molecule is CC(C)(N)CO.CC(N)(CO)CO.C[C@@H](O)CN.C[C@H](N)CO.C[C@H](O)CN.NC(CO)CO.NCC(O)CO.NCCCCO.NCCCO.NCCO. The van der Waals surface area contributed by atoms with E-state index in [1.165, 1.54) is 0 Å². The largest absolute Gasteiger partial charge is 0.396 e. The Bertz CT molecular complexity index is 514. The summed E-state index contributed by atoms with van der Waals surface area (Å²) in [6.45, 7) is 12.5. The van der Waals surface area contributed by atoms with Crippen LogP contribution in [-0.2, 0) is 0 Å². The van der Waals surface area contributed by atoms with Crippen molar-refractivity contribution < 1.29 is 66.4 Å². The zero-order valence-corrected chi connectivity index (χ0v) is 34.9. The van der Waals surface area contributed by atoms with E-state index in [-0.39, 0.29) is 90.9 Å². The average Bonchev–Trinajstić information content (AvgIpc) is 3.18. The van der Waals surface area contributed by atoms with Crippen LogP contribution in [0.25, 0.3) is 0 Å². The van der Waals surface area contributed by atoms with E-state index in [2.05, 4.69) is 0 Å². The Morgan fingerprint density at radius 2 is 0.745 bits per heavy atom. The topological polar surface area (TPSA) is 523 Å². The van der Waals surface area contributed by atoms with Crippen molar-refractivity contribution >= 4 is 0 Å². The molecule has 0 aromatic carbocycles. The van der Waals surface area contributed by atoms with Crippen LogP contribution in [-0.4, -0.2) is 213 Å². The number of hydrogen-bond donors (Lipinski definition) is 23. The Labute approximate surface area is 331 Å². The second-order valence-corrected chi connectivity index (χ2v) is 12.2. The summed E-state index contributed by atoms with van der Waals surface area (Å²) in [5, 5.41) is 106. The lowest BCUT2D eigenvalue weighted by atomic mass is 10.1. The fourth-order valence-corrected chi connectivity index (χ4v) is 0.530. The van der Waals surface area contributed by atoms with Crippen LogP contribution < -0.4 is 57.3 Å². The molecule has 1 unspecified atom stereocenters. The van der Waals surface area contributed by atoms with Crippen LogP contribution in [0.4, 0.5) is 0 Å². The smallest absolute Gasteiger partial charge is 0.0892 e. The standard InChI is InChI=1S/C4H11NO2.2C4H11NO.2C3H9NO2.4C3H9NO.C2H7NO/c1-4(5,2-6)3-7;1-4(2,5)3-6;5-3-1-2-4-6;4-3(1-5)2-6;4-1-3(6)2-5;1-3(4)2-5;2*1-3(5)2-4;4-2-1-3-5;3-1-2-4/h6-7H,2-3,5H2,1H3;6H,3,5H2,1-2H3;6H,1-5H2;2*3,5-6H,1-2,4H2;3*3,5H,2,4H2,1H3;5H,1-4H2;4H,1-3H2/t;;;;;3*3-;;/m.....010../s1. The van der Waals surface area contributed by atoms with Crippen molar-refractivity contribution in [3.8, 4) is 0 Å². The lowest BCUT2D eigenvalue weighted by Crippen LogP contribution is -2.43. The van der Waals surface area contributed by atoms with Crippen LogP contribution in [0.3, 0.4) is 0 Å². The van der Waals surface area contributed by atoms with Gasteiger partial charge in [-0.25, -0.2) is 0 Å². The van der Waals surface area contributed by atoms with Gasteiger partial charge in [-0.3, -0.25) is 0 Å². The molecule has 0 spiro atoms. The van der Waals surface area contributed by atoms with Crippen LogP contribution in [0.2, 0.25) is 0 Å². The first-order valence-corrected chi connectivity index (χ1v) is 17.8. The molecule has 0 aliphatic rings. The molecule has 0 bridgehead atoms. The van der Waals surface area contributed by atoms with E-state index in [0.29, 0.717) is 32.7 Å². The van der Waals surface area contributed by atoms with Crippen LogP contribution in [0, 0.1) is 0 Å². The highest BCUT2D eigenvalue weighted by molar-refractivity contribution is 4.74. The summed E-state index contributed by atoms with van der Waals surface area (Å²) in [5.74, 6) is 0. The van der Waals surface area contributed by atoms with E-state index in [1.54, 1.807) is 41.5 Å². The van der Waals surface area contributed by atoms with Crippen molar-refractivity contribution in [3.05, 3.63) is 0 Å². The van der Waals surface area contributed by atoms with Gasteiger partial charge in [0.15, 0.2) is 0 Å². The van der Waals surface area contributed by atoms with Crippen molar-refractivity contribution in [1.29, 1.82) is 0 Å². The molecule has 0 aromatic heterocycles. The summed E-state index contributed by atoms with van der Waals surface area (Å²) in [6, 6.07) is -0.514. The van der Waals surface area contributed by atoms with Crippen molar-refractivity contribution in [2.75, 3.05) is 105 Å². The zero-order chi connectivity index (χ0) is 46.3.